The first kappa shape index (κ1) is 23.8. The molecule has 0 radical (unpaired) electrons. The number of fused-ring (bicyclic) bond motifs is 8. The smallest absolute Gasteiger partial charge is 0.164 e. The van der Waals surface area contributed by atoms with Gasteiger partial charge in [0.25, 0.3) is 0 Å². The number of hydrogen-bond acceptors (Lipinski definition) is 4. The van der Waals surface area contributed by atoms with Crippen molar-refractivity contribution in [1.82, 2.24) is 15.0 Å². The molecule has 4 heteroatoms. The molecule has 2 heterocycles. The van der Waals surface area contributed by atoms with Gasteiger partial charge < -0.3 is 4.42 Å². The lowest BCUT2D eigenvalue weighted by molar-refractivity contribution is 0.673. The molecule has 0 fully saturated rings. The Labute approximate surface area is 246 Å². The van der Waals surface area contributed by atoms with Crippen molar-refractivity contribution in [2.75, 3.05) is 0 Å². The van der Waals surface area contributed by atoms with E-state index < -0.39 is 0 Å². The molecule has 0 aliphatic carbocycles. The average Bonchev–Trinajstić information content (AvgIpc) is 3.47. The van der Waals surface area contributed by atoms with Gasteiger partial charge in [0, 0.05) is 32.8 Å². The lowest BCUT2D eigenvalue weighted by atomic mass is 9.95. The summed E-state index contributed by atoms with van der Waals surface area (Å²) < 4.78 is 6.64. The van der Waals surface area contributed by atoms with E-state index in [-0.39, 0.29) is 0 Å². The zero-order chi connectivity index (χ0) is 28.3. The van der Waals surface area contributed by atoms with Crippen molar-refractivity contribution in [3.63, 3.8) is 0 Å². The second-order valence-electron chi connectivity index (χ2n) is 10.8. The number of para-hydroxylation sites is 1. The van der Waals surface area contributed by atoms with Crippen molar-refractivity contribution in [3.8, 4) is 34.2 Å². The van der Waals surface area contributed by atoms with Crippen molar-refractivity contribution in [2.24, 2.45) is 0 Å². The molecule has 0 atom stereocenters. The fourth-order valence-electron chi connectivity index (χ4n) is 6.23. The Hall–Kier alpha value is -5.87. The second-order valence-corrected chi connectivity index (χ2v) is 10.8. The minimum Gasteiger partial charge on any atom is -0.455 e. The third-order valence-corrected chi connectivity index (χ3v) is 8.27. The Bertz CT molecular complexity index is 2510. The van der Waals surface area contributed by atoms with E-state index in [1.807, 2.05) is 42.5 Å². The molecule has 0 N–H and O–H groups in total. The Kier molecular flexibility index (Phi) is 5.16. The Balaban J connectivity index is 1.39. The monoisotopic (exact) mass is 549 g/mol. The molecule has 0 amide bonds. The van der Waals surface area contributed by atoms with E-state index in [1.54, 1.807) is 0 Å². The van der Waals surface area contributed by atoms with Gasteiger partial charge in [0.15, 0.2) is 17.5 Å². The maximum absolute atomic E-state index is 6.64. The van der Waals surface area contributed by atoms with E-state index in [0.29, 0.717) is 17.5 Å². The molecular weight excluding hydrogens is 526 g/mol. The normalized spacial score (nSPS) is 11.7. The standard InChI is InChI=1S/C39H23N3O/c1-2-12-26(13-3-1)37-40-38(29-21-18-24-10-4-5-14-27(24)22-29)42-39(41-37)32-23-28-20-19-25-11-6-7-15-30(25)34(28)36-35(32)31-16-8-9-17-33(31)43-36/h1-23H. The highest BCUT2D eigenvalue weighted by atomic mass is 16.3. The molecule has 0 unspecified atom stereocenters. The minimum absolute atomic E-state index is 0.614. The van der Waals surface area contributed by atoms with Crippen LogP contribution in [0.4, 0.5) is 0 Å². The van der Waals surface area contributed by atoms with Crippen molar-refractivity contribution in [3.05, 3.63) is 140 Å². The first-order valence-electron chi connectivity index (χ1n) is 14.4. The number of aromatic nitrogens is 3. The second kappa shape index (κ2) is 9.33. The number of rotatable bonds is 3. The van der Waals surface area contributed by atoms with E-state index in [0.717, 1.165) is 60.2 Å². The van der Waals surface area contributed by atoms with Gasteiger partial charge in [-0.25, -0.2) is 15.0 Å². The summed E-state index contributed by atoms with van der Waals surface area (Å²) in [7, 11) is 0. The molecule has 4 nitrogen and oxygen atoms in total. The van der Waals surface area contributed by atoms with Crippen LogP contribution in [-0.4, -0.2) is 15.0 Å². The van der Waals surface area contributed by atoms with Gasteiger partial charge in [-0.2, -0.15) is 0 Å². The van der Waals surface area contributed by atoms with Crippen LogP contribution < -0.4 is 0 Å². The quantitative estimate of drug-likeness (QED) is 0.206. The van der Waals surface area contributed by atoms with Gasteiger partial charge in [0.2, 0.25) is 0 Å². The number of benzene rings is 7. The van der Waals surface area contributed by atoms with E-state index in [9.17, 15) is 0 Å². The highest BCUT2D eigenvalue weighted by molar-refractivity contribution is 6.26. The molecule has 0 aliphatic heterocycles. The van der Waals surface area contributed by atoms with Crippen LogP contribution in [0.5, 0.6) is 0 Å². The summed E-state index contributed by atoms with van der Waals surface area (Å²) >= 11 is 0. The summed E-state index contributed by atoms with van der Waals surface area (Å²) in [6.07, 6.45) is 0. The van der Waals surface area contributed by atoms with E-state index in [4.69, 9.17) is 19.4 Å². The maximum Gasteiger partial charge on any atom is 0.164 e. The van der Waals surface area contributed by atoms with Gasteiger partial charge in [-0.15, -0.1) is 0 Å². The first-order chi connectivity index (χ1) is 21.3. The molecule has 9 rings (SSSR count). The van der Waals surface area contributed by atoms with E-state index >= 15 is 0 Å². The number of furan rings is 1. The molecule has 0 saturated heterocycles. The fraction of sp³-hybridized carbons (Fsp3) is 0. The van der Waals surface area contributed by atoms with E-state index in [2.05, 4.69) is 97.1 Å². The van der Waals surface area contributed by atoms with Crippen LogP contribution in [0.15, 0.2) is 144 Å². The summed E-state index contributed by atoms with van der Waals surface area (Å²) in [4.78, 5) is 15.2. The minimum atomic E-state index is 0.614. The Morgan fingerprint density at radius 3 is 1.88 bits per heavy atom. The predicted molar refractivity (Wildman–Crippen MR) is 176 cm³/mol. The molecular formula is C39H23N3O. The van der Waals surface area contributed by atoms with Crippen LogP contribution in [0.25, 0.3) is 88.4 Å². The van der Waals surface area contributed by atoms with Crippen molar-refractivity contribution >= 4 is 54.3 Å². The van der Waals surface area contributed by atoms with Crippen LogP contribution in [-0.2, 0) is 0 Å². The molecule has 0 saturated carbocycles. The zero-order valence-corrected chi connectivity index (χ0v) is 23.0. The predicted octanol–water partition coefficient (Wildman–Crippen LogP) is 10.2. The molecule has 9 aromatic rings. The highest BCUT2D eigenvalue weighted by Gasteiger charge is 2.21. The summed E-state index contributed by atoms with van der Waals surface area (Å²) in [5, 5.41) is 8.88. The molecule has 0 spiro atoms. The van der Waals surface area contributed by atoms with Gasteiger partial charge in [0.1, 0.15) is 11.2 Å². The zero-order valence-electron chi connectivity index (χ0n) is 23.0. The molecule has 2 aromatic heterocycles. The van der Waals surface area contributed by atoms with Crippen LogP contribution in [0.2, 0.25) is 0 Å². The lowest BCUT2D eigenvalue weighted by Crippen LogP contribution is -2.00. The number of hydrogen-bond donors (Lipinski definition) is 0. The summed E-state index contributed by atoms with van der Waals surface area (Å²) in [6.45, 7) is 0. The largest absolute Gasteiger partial charge is 0.455 e. The maximum atomic E-state index is 6.64. The van der Waals surface area contributed by atoms with Crippen molar-refractivity contribution in [1.29, 1.82) is 0 Å². The fourth-order valence-corrected chi connectivity index (χ4v) is 6.23. The third-order valence-electron chi connectivity index (χ3n) is 8.27. The summed E-state index contributed by atoms with van der Waals surface area (Å²) in [5.74, 6) is 1.88. The molecule has 0 bridgehead atoms. The topological polar surface area (TPSA) is 51.8 Å². The Morgan fingerprint density at radius 1 is 0.395 bits per heavy atom. The first-order valence-corrected chi connectivity index (χ1v) is 14.4. The Morgan fingerprint density at radius 2 is 1.02 bits per heavy atom. The molecule has 200 valence electrons. The van der Waals surface area contributed by atoms with E-state index in [1.165, 1.54) is 10.8 Å². The third kappa shape index (κ3) is 3.81. The van der Waals surface area contributed by atoms with Gasteiger partial charge in [-0.05, 0) is 45.1 Å². The summed E-state index contributed by atoms with van der Waals surface area (Å²) in [5.41, 5.74) is 4.49. The molecule has 0 aliphatic rings. The van der Waals surface area contributed by atoms with Gasteiger partial charge in [0.05, 0.1) is 0 Å². The average molecular weight is 550 g/mol. The number of nitrogens with zero attached hydrogens (tertiary/aromatic N) is 3. The van der Waals surface area contributed by atoms with Crippen LogP contribution >= 0.6 is 0 Å². The van der Waals surface area contributed by atoms with Gasteiger partial charge in [-0.3, -0.25) is 0 Å². The van der Waals surface area contributed by atoms with Gasteiger partial charge >= 0.3 is 0 Å². The van der Waals surface area contributed by atoms with Crippen LogP contribution in [0.3, 0.4) is 0 Å². The van der Waals surface area contributed by atoms with Crippen molar-refractivity contribution < 1.29 is 4.42 Å². The van der Waals surface area contributed by atoms with Crippen LogP contribution in [0, 0.1) is 0 Å². The van der Waals surface area contributed by atoms with Crippen molar-refractivity contribution in [2.45, 2.75) is 0 Å². The highest BCUT2D eigenvalue weighted by Crippen LogP contribution is 2.43. The lowest BCUT2D eigenvalue weighted by Gasteiger charge is -2.12. The van der Waals surface area contributed by atoms with Gasteiger partial charge in [-0.1, -0.05) is 121 Å². The molecule has 7 aromatic carbocycles. The summed E-state index contributed by atoms with van der Waals surface area (Å²) in [6, 6.07) is 48.0. The van der Waals surface area contributed by atoms with Crippen LogP contribution in [0.1, 0.15) is 0 Å². The SMILES string of the molecule is c1ccc(-c2nc(-c3ccc4ccccc4c3)nc(-c3cc4ccc5ccccc5c4c4oc5ccccc5c34)n2)cc1. The molecule has 43 heavy (non-hydrogen) atoms.